The monoisotopic (exact) mass is 488 g/mol. The number of rotatable bonds is 17. The number of nitrogens with zero attached hydrogens (tertiary/aromatic N) is 1. The number of carbonyl (C=O) groups is 4. The van der Waals surface area contributed by atoms with Crippen LogP contribution in [0.1, 0.15) is 46.0 Å². The molecule has 0 aliphatic rings. The van der Waals surface area contributed by atoms with Crippen LogP contribution in [-0.2, 0) is 19.2 Å². The Morgan fingerprint density at radius 3 is 1.88 bits per heavy atom. The molecule has 0 aliphatic carbocycles. The van der Waals surface area contributed by atoms with Crippen LogP contribution in [0.3, 0.4) is 0 Å². The fourth-order valence-corrected chi connectivity index (χ4v) is 2.94. The molecule has 3 amide bonds. The molecule has 0 saturated carbocycles. The van der Waals surface area contributed by atoms with Gasteiger partial charge in [-0.15, -0.1) is 0 Å². The van der Waals surface area contributed by atoms with Crippen LogP contribution in [0, 0.1) is 5.92 Å². The van der Waals surface area contributed by atoms with E-state index in [-0.39, 0.29) is 25.3 Å². The van der Waals surface area contributed by atoms with E-state index in [1.165, 1.54) is 0 Å². The van der Waals surface area contributed by atoms with Crippen LogP contribution in [0.2, 0.25) is 0 Å². The molecule has 13 N–H and O–H groups in total. The van der Waals surface area contributed by atoms with Gasteiger partial charge in [-0.2, -0.15) is 0 Å². The highest BCUT2D eigenvalue weighted by molar-refractivity contribution is 5.94. The normalized spacial score (nSPS) is 14.4. The van der Waals surface area contributed by atoms with Gasteiger partial charge in [0.05, 0.1) is 6.61 Å². The van der Waals surface area contributed by atoms with E-state index in [4.69, 9.17) is 28.0 Å². The molecular formula is C20H40N8O6. The number of nitrogens with two attached hydrogens (primary N) is 4. The lowest BCUT2D eigenvalue weighted by atomic mass is 10.0. The number of hydrogen-bond donors (Lipinski definition) is 9. The van der Waals surface area contributed by atoms with Gasteiger partial charge in [-0.25, -0.2) is 4.79 Å². The van der Waals surface area contributed by atoms with Crippen molar-refractivity contribution < 1.29 is 29.4 Å². The Bertz CT molecular complexity index is 699. The first-order valence-corrected chi connectivity index (χ1v) is 11.2. The van der Waals surface area contributed by atoms with Crippen molar-refractivity contribution in [3.63, 3.8) is 0 Å². The number of hydrogen-bond acceptors (Lipinski definition) is 8. The third-order valence-electron chi connectivity index (χ3n) is 4.92. The molecule has 0 bridgehead atoms. The maximum atomic E-state index is 13.0. The van der Waals surface area contributed by atoms with Crippen LogP contribution in [-0.4, -0.2) is 83.7 Å². The number of carbonyl (C=O) groups excluding carboxylic acids is 3. The summed E-state index contributed by atoms with van der Waals surface area (Å²) in [5.41, 5.74) is 21.6. The molecule has 0 aromatic rings. The zero-order valence-electron chi connectivity index (χ0n) is 19.8. The first-order chi connectivity index (χ1) is 15.9. The van der Waals surface area contributed by atoms with Gasteiger partial charge in [0.2, 0.25) is 17.7 Å². The van der Waals surface area contributed by atoms with Crippen molar-refractivity contribution in [2.45, 2.75) is 70.1 Å². The van der Waals surface area contributed by atoms with Crippen molar-refractivity contribution in [2.24, 2.45) is 33.8 Å². The lowest BCUT2D eigenvalue weighted by Gasteiger charge is -2.26. The molecule has 14 nitrogen and oxygen atoms in total. The summed E-state index contributed by atoms with van der Waals surface area (Å²) in [6.45, 7) is 3.25. The van der Waals surface area contributed by atoms with Crippen molar-refractivity contribution in [3.05, 3.63) is 0 Å². The molecule has 0 aromatic heterocycles. The third-order valence-corrected chi connectivity index (χ3v) is 4.92. The van der Waals surface area contributed by atoms with Gasteiger partial charge in [-0.3, -0.25) is 19.4 Å². The standard InChI is InChI=1S/C20H40N8O6/c1-11(2)15(19(33)34)28-18(32)14(7-5-9-25-20(23)24)27-17(31)13(6-3-4-8-21)26-16(30)12(22)10-29/h11-15,29H,3-10,21-22H2,1-2H3,(H,26,30)(H,27,31)(H,28,32)(H,33,34)(H4,23,24,25). The Labute approximate surface area is 199 Å². The van der Waals surface area contributed by atoms with Crippen LogP contribution in [0.25, 0.3) is 0 Å². The van der Waals surface area contributed by atoms with Gasteiger partial charge < -0.3 is 49.1 Å². The zero-order valence-corrected chi connectivity index (χ0v) is 19.8. The lowest BCUT2D eigenvalue weighted by Crippen LogP contribution is -2.57. The molecule has 0 spiro atoms. The van der Waals surface area contributed by atoms with Crippen LogP contribution < -0.4 is 38.9 Å². The molecule has 0 rings (SSSR count). The smallest absolute Gasteiger partial charge is 0.326 e. The van der Waals surface area contributed by atoms with E-state index in [0.29, 0.717) is 25.8 Å². The molecular weight excluding hydrogens is 448 g/mol. The predicted molar refractivity (Wildman–Crippen MR) is 126 cm³/mol. The molecule has 196 valence electrons. The number of aliphatic hydroxyl groups excluding tert-OH is 1. The zero-order chi connectivity index (χ0) is 26.3. The number of guanidine groups is 1. The van der Waals surface area contributed by atoms with Crippen LogP contribution in [0.5, 0.6) is 0 Å². The minimum Gasteiger partial charge on any atom is -0.480 e. The first kappa shape index (κ1) is 31.0. The van der Waals surface area contributed by atoms with Gasteiger partial charge in [-0.1, -0.05) is 13.8 Å². The summed E-state index contributed by atoms with van der Waals surface area (Å²) in [6.07, 6.45) is 1.76. The third kappa shape index (κ3) is 12.3. The summed E-state index contributed by atoms with van der Waals surface area (Å²) >= 11 is 0. The Kier molecular flexibility index (Phi) is 15.2. The van der Waals surface area contributed by atoms with E-state index in [2.05, 4.69) is 20.9 Å². The molecule has 4 atom stereocenters. The van der Waals surface area contributed by atoms with Crippen LogP contribution >= 0.6 is 0 Å². The summed E-state index contributed by atoms with van der Waals surface area (Å²) in [7, 11) is 0. The van der Waals surface area contributed by atoms with Crippen LogP contribution in [0.15, 0.2) is 4.99 Å². The number of aliphatic imine (C=N–C) groups is 1. The topological polar surface area (TPSA) is 261 Å². The van der Waals surface area contributed by atoms with E-state index in [1.54, 1.807) is 13.8 Å². The highest BCUT2D eigenvalue weighted by Gasteiger charge is 2.31. The maximum absolute atomic E-state index is 13.0. The van der Waals surface area contributed by atoms with Crippen molar-refractivity contribution >= 4 is 29.7 Å². The van der Waals surface area contributed by atoms with E-state index in [9.17, 15) is 24.3 Å². The van der Waals surface area contributed by atoms with Gasteiger partial charge in [0.1, 0.15) is 24.2 Å². The van der Waals surface area contributed by atoms with Gasteiger partial charge >= 0.3 is 5.97 Å². The van der Waals surface area contributed by atoms with Crippen molar-refractivity contribution in [2.75, 3.05) is 19.7 Å². The van der Waals surface area contributed by atoms with Crippen molar-refractivity contribution in [1.82, 2.24) is 16.0 Å². The van der Waals surface area contributed by atoms with Crippen molar-refractivity contribution in [1.29, 1.82) is 0 Å². The second kappa shape index (κ2) is 16.6. The average Bonchev–Trinajstić information content (AvgIpc) is 2.77. The van der Waals surface area contributed by atoms with Crippen LogP contribution in [0.4, 0.5) is 0 Å². The van der Waals surface area contributed by atoms with E-state index in [0.717, 1.165) is 0 Å². The predicted octanol–water partition coefficient (Wildman–Crippen LogP) is -3.32. The molecule has 34 heavy (non-hydrogen) atoms. The second-order valence-electron chi connectivity index (χ2n) is 8.21. The Hall–Kier alpha value is -2.97. The fourth-order valence-electron chi connectivity index (χ4n) is 2.94. The van der Waals surface area contributed by atoms with E-state index in [1.807, 2.05) is 0 Å². The SMILES string of the molecule is CC(C)C(NC(=O)C(CCCN=C(N)N)NC(=O)C(CCCCN)NC(=O)C(N)CO)C(=O)O. The highest BCUT2D eigenvalue weighted by Crippen LogP contribution is 2.07. The van der Waals surface area contributed by atoms with Gasteiger partial charge in [0.15, 0.2) is 5.96 Å². The quantitative estimate of drug-likeness (QED) is 0.0558. The minimum absolute atomic E-state index is 0.110. The largest absolute Gasteiger partial charge is 0.480 e. The molecule has 14 heteroatoms. The summed E-state index contributed by atoms with van der Waals surface area (Å²) < 4.78 is 0. The fraction of sp³-hybridized carbons (Fsp3) is 0.750. The van der Waals surface area contributed by atoms with Gasteiger partial charge in [-0.05, 0) is 44.6 Å². The molecule has 0 saturated heterocycles. The molecule has 0 heterocycles. The number of amides is 3. The highest BCUT2D eigenvalue weighted by atomic mass is 16.4. The van der Waals surface area contributed by atoms with E-state index < -0.39 is 60.4 Å². The summed E-state index contributed by atoms with van der Waals surface area (Å²) in [5, 5.41) is 25.9. The van der Waals surface area contributed by atoms with Gasteiger partial charge in [0.25, 0.3) is 0 Å². The molecule has 0 aliphatic heterocycles. The van der Waals surface area contributed by atoms with E-state index >= 15 is 0 Å². The number of aliphatic hydroxyl groups is 1. The minimum atomic E-state index is -1.22. The average molecular weight is 489 g/mol. The number of carboxylic acid groups (broad SMARTS) is 1. The number of aliphatic carboxylic acids is 1. The van der Waals surface area contributed by atoms with Crippen molar-refractivity contribution in [3.8, 4) is 0 Å². The molecule has 0 radical (unpaired) electrons. The summed E-state index contributed by atoms with van der Waals surface area (Å²) in [6, 6.07) is -4.52. The maximum Gasteiger partial charge on any atom is 0.326 e. The number of carboxylic acids is 1. The number of unbranched alkanes of at least 4 members (excludes halogenated alkanes) is 1. The molecule has 4 unspecified atom stereocenters. The van der Waals surface area contributed by atoms with Gasteiger partial charge in [0, 0.05) is 6.54 Å². The summed E-state index contributed by atoms with van der Waals surface area (Å²) in [5.74, 6) is -3.82. The lowest BCUT2D eigenvalue weighted by molar-refractivity contribution is -0.143. The molecule has 0 aromatic carbocycles. The molecule has 0 fully saturated rings. The Morgan fingerprint density at radius 2 is 1.41 bits per heavy atom. The second-order valence-corrected chi connectivity index (χ2v) is 8.21. The Morgan fingerprint density at radius 1 is 0.882 bits per heavy atom. The number of nitrogens with one attached hydrogen (secondary N) is 3. The first-order valence-electron chi connectivity index (χ1n) is 11.2. The summed E-state index contributed by atoms with van der Waals surface area (Å²) in [4.78, 5) is 53.3. The Balaban J connectivity index is 5.56.